The van der Waals surface area contributed by atoms with Crippen LogP contribution in [-0.4, -0.2) is 77.3 Å². The number of aliphatic hydroxyl groups is 2. The molecule has 1 heterocycles. The Morgan fingerprint density at radius 3 is 2.47 bits per heavy atom. The number of methoxy groups -OCH3 is 1. The molecule has 0 saturated carbocycles. The second-order valence-electron chi connectivity index (χ2n) is 6.73. The number of esters is 1. The van der Waals surface area contributed by atoms with Crippen LogP contribution in [0.5, 0.6) is 5.75 Å². The maximum Gasteiger partial charge on any atom is 0.370 e. The molecule has 2 rings (SSSR count). The van der Waals surface area contributed by atoms with Crippen LogP contribution in [0.25, 0.3) is 10.4 Å². The molecule has 32 heavy (non-hydrogen) atoms. The van der Waals surface area contributed by atoms with Crippen LogP contribution < -0.4 is 10.1 Å². The molecule has 4 N–H and O–H groups in total. The third-order valence-electron chi connectivity index (χ3n) is 4.50. The highest BCUT2D eigenvalue weighted by molar-refractivity contribution is 5.89. The summed E-state index contributed by atoms with van der Waals surface area (Å²) in [6.45, 7) is 0.730. The number of nitrogens with zero attached hydrogens (tertiary/aromatic N) is 3. The highest BCUT2D eigenvalue weighted by atomic mass is 16.5. The highest BCUT2D eigenvalue weighted by Gasteiger charge is 2.43. The van der Waals surface area contributed by atoms with Crippen molar-refractivity contribution in [2.45, 2.75) is 37.3 Å². The summed E-state index contributed by atoms with van der Waals surface area (Å²) >= 11 is 0. The number of carbonyl (C=O) groups is 3. The molecule has 0 spiro atoms. The van der Waals surface area contributed by atoms with E-state index in [2.05, 4.69) is 20.1 Å². The zero-order valence-electron chi connectivity index (χ0n) is 17.1. The number of hydrogen-bond acceptors (Lipinski definition) is 9. The summed E-state index contributed by atoms with van der Waals surface area (Å²) in [4.78, 5) is 37.0. The van der Waals surface area contributed by atoms with Crippen molar-refractivity contribution < 1.29 is 43.9 Å². The average Bonchev–Trinajstić information content (AvgIpc) is 2.77. The van der Waals surface area contributed by atoms with E-state index in [1.165, 1.54) is 38.3 Å². The molecular formula is C19H22N4O9. The molecule has 0 fully saturated rings. The maximum absolute atomic E-state index is 11.6. The van der Waals surface area contributed by atoms with Gasteiger partial charge in [0.25, 0.3) is 0 Å². The Morgan fingerprint density at radius 2 is 1.94 bits per heavy atom. The molecule has 13 nitrogen and oxygen atoms in total. The average molecular weight is 450 g/mol. The van der Waals surface area contributed by atoms with Crippen molar-refractivity contribution in [1.29, 1.82) is 0 Å². The number of benzene rings is 1. The minimum atomic E-state index is -1.74. The number of hydrogen-bond donors (Lipinski definition) is 4. The number of rotatable bonds is 9. The lowest BCUT2D eigenvalue weighted by atomic mass is 9.92. The van der Waals surface area contributed by atoms with Crippen LogP contribution in [0.2, 0.25) is 0 Å². The zero-order valence-corrected chi connectivity index (χ0v) is 17.1. The summed E-state index contributed by atoms with van der Waals surface area (Å²) in [6, 6.07) is 3.43. The van der Waals surface area contributed by atoms with Crippen molar-refractivity contribution in [1.82, 2.24) is 5.32 Å². The topological polar surface area (TPSA) is 200 Å². The third-order valence-corrected chi connectivity index (χ3v) is 4.50. The van der Waals surface area contributed by atoms with E-state index in [1.54, 1.807) is 0 Å². The number of carboxylic acids is 1. The van der Waals surface area contributed by atoms with Crippen LogP contribution >= 0.6 is 0 Å². The first-order valence-corrected chi connectivity index (χ1v) is 9.28. The van der Waals surface area contributed by atoms with E-state index in [4.69, 9.17) is 15.0 Å². The Hall–Kier alpha value is -3.80. The quantitative estimate of drug-likeness (QED) is 0.174. The van der Waals surface area contributed by atoms with E-state index >= 15 is 0 Å². The van der Waals surface area contributed by atoms with Gasteiger partial charge in [0.15, 0.2) is 0 Å². The molecule has 1 aromatic carbocycles. The lowest BCUT2D eigenvalue weighted by molar-refractivity contribution is -0.145. The van der Waals surface area contributed by atoms with Gasteiger partial charge in [0.1, 0.15) is 30.7 Å². The summed E-state index contributed by atoms with van der Waals surface area (Å²) < 4.78 is 15.3. The molecule has 13 heteroatoms. The van der Waals surface area contributed by atoms with Crippen LogP contribution in [-0.2, 0) is 19.1 Å². The minimum Gasteiger partial charge on any atom is -0.491 e. The molecule has 0 bridgehead atoms. The Bertz CT molecular complexity index is 927. The van der Waals surface area contributed by atoms with Gasteiger partial charge in [0.05, 0.1) is 24.8 Å². The van der Waals surface area contributed by atoms with Gasteiger partial charge in [-0.3, -0.25) is 4.79 Å². The molecular weight excluding hydrogens is 428 g/mol. The van der Waals surface area contributed by atoms with Gasteiger partial charge in [-0.25, -0.2) is 9.59 Å². The van der Waals surface area contributed by atoms with Crippen LogP contribution in [0.15, 0.2) is 41.2 Å². The summed E-state index contributed by atoms with van der Waals surface area (Å²) in [6.07, 6.45) is -3.79. The SMILES string of the molecule is COC(=O)c1ccc(OC[C@@H](O)[C@@H](O)[C@@H]2OC(C(=O)O)=C[C@H](N=[N+]=[N-])[C@H]2NC(C)=O)cc1. The Morgan fingerprint density at radius 1 is 1.28 bits per heavy atom. The number of aliphatic hydroxyl groups excluding tert-OH is 2. The van der Waals surface area contributed by atoms with Crippen molar-refractivity contribution >= 4 is 17.8 Å². The van der Waals surface area contributed by atoms with Gasteiger partial charge >= 0.3 is 11.9 Å². The third kappa shape index (κ3) is 6.11. The lowest BCUT2D eigenvalue weighted by Gasteiger charge is -2.38. The maximum atomic E-state index is 11.6. The van der Waals surface area contributed by atoms with Gasteiger partial charge in [-0.05, 0) is 35.9 Å². The second-order valence-corrected chi connectivity index (χ2v) is 6.73. The van der Waals surface area contributed by atoms with Crippen molar-refractivity contribution in [2.75, 3.05) is 13.7 Å². The fourth-order valence-electron chi connectivity index (χ4n) is 2.99. The van der Waals surface area contributed by atoms with Gasteiger partial charge in [0, 0.05) is 11.8 Å². The molecule has 5 atom stereocenters. The number of aliphatic carboxylic acids is 1. The van der Waals surface area contributed by atoms with Crippen LogP contribution in [0.4, 0.5) is 0 Å². The summed E-state index contributed by atoms with van der Waals surface area (Å²) in [5, 5.41) is 36.1. The van der Waals surface area contributed by atoms with E-state index in [0.717, 1.165) is 6.08 Å². The molecule has 0 aromatic heterocycles. The fraction of sp³-hybridized carbons (Fsp3) is 0.421. The summed E-state index contributed by atoms with van der Waals surface area (Å²) in [7, 11) is 1.24. The number of amides is 1. The second kappa shape index (κ2) is 11.0. The smallest absolute Gasteiger partial charge is 0.370 e. The van der Waals surface area contributed by atoms with Gasteiger partial charge in [-0.15, -0.1) is 0 Å². The molecule has 0 aliphatic carbocycles. The Labute approximate surface area is 181 Å². The standard InChI is InChI=1S/C19H22N4O9/c1-9(24)21-15-12(22-23-20)7-14(18(27)28)32-17(15)16(26)13(25)8-31-11-5-3-10(4-6-11)19(29)30-2/h3-7,12-13,15-17,25-26H,8H2,1-2H3,(H,21,24)(H,27,28)/t12-,13+,15+,16+,17+/m0/s1. The Balaban J connectivity index is 2.16. The van der Waals surface area contributed by atoms with Gasteiger partial charge in [-0.2, -0.15) is 0 Å². The van der Waals surface area contributed by atoms with Crippen LogP contribution in [0.3, 0.4) is 0 Å². The van der Waals surface area contributed by atoms with E-state index in [1.807, 2.05) is 0 Å². The minimum absolute atomic E-state index is 0.268. The molecule has 0 unspecified atom stereocenters. The molecule has 0 radical (unpaired) electrons. The number of nitrogens with one attached hydrogen (secondary N) is 1. The van der Waals surface area contributed by atoms with Gasteiger partial charge < -0.3 is 34.8 Å². The summed E-state index contributed by atoms with van der Waals surface area (Å²) in [5.74, 6) is -2.93. The highest BCUT2D eigenvalue weighted by Crippen LogP contribution is 2.25. The molecule has 1 aliphatic heterocycles. The number of carboxylic acid groups (broad SMARTS) is 1. The molecule has 1 aliphatic rings. The molecule has 1 aromatic rings. The zero-order chi connectivity index (χ0) is 23.8. The van der Waals surface area contributed by atoms with Gasteiger partial charge in [0.2, 0.25) is 11.7 Å². The van der Waals surface area contributed by atoms with E-state index < -0.39 is 60.6 Å². The van der Waals surface area contributed by atoms with E-state index in [9.17, 15) is 29.7 Å². The molecule has 0 saturated heterocycles. The monoisotopic (exact) mass is 450 g/mol. The normalized spacial score (nSPS) is 21.6. The van der Waals surface area contributed by atoms with Crippen molar-refractivity contribution in [3.05, 3.63) is 52.1 Å². The van der Waals surface area contributed by atoms with Crippen LogP contribution in [0, 0.1) is 0 Å². The fourth-order valence-corrected chi connectivity index (χ4v) is 2.99. The number of azide groups is 1. The first-order chi connectivity index (χ1) is 15.2. The first-order valence-electron chi connectivity index (χ1n) is 9.28. The number of carbonyl (C=O) groups excluding carboxylic acids is 2. The summed E-state index contributed by atoms with van der Waals surface area (Å²) in [5.41, 5.74) is 9.06. The van der Waals surface area contributed by atoms with Crippen molar-refractivity contribution in [3.63, 3.8) is 0 Å². The Kier molecular flexibility index (Phi) is 8.41. The van der Waals surface area contributed by atoms with E-state index in [0.29, 0.717) is 0 Å². The number of ether oxygens (including phenoxy) is 3. The van der Waals surface area contributed by atoms with Crippen LogP contribution in [0.1, 0.15) is 17.3 Å². The predicted molar refractivity (Wildman–Crippen MR) is 106 cm³/mol. The molecule has 1 amide bonds. The first kappa shape index (κ1) is 24.5. The van der Waals surface area contributed by atoms with Crippen molar-refractivity contribution in [2.24, 2.45) is 5.11 Å². The molecule has 172 valence electrons. The largest absolute Gasteiger partial charge is 0.491 e. The van der Waals surface area contributed by atoms with Crippen molar-refractivity contribution in [3.8, 4) is 5.75 Å². The van der Waals surface area contributed by atoms with E-state index in [-0.39, 0.29) is 11.3 Å². The lowest BCUT2D eigenvalue weighted by Crippen LogP contribution is -2.59. The van der Waals surface area contributed by atoms with Gasteiger partial charge in [-0.1, -0.05) is 5.11 Å². The predicted octanol–water partition coefficient (Wildman–Crippen LogP) is 0.125.